The number of rotatable bonds is 3. The topological polar surface area (TPSA) is 55.2 Å². The summed E-state index contributed by atoms with van der Waals surface area (Å²) in [6.07, 6.45) is 3.45. The van der Waals surface area contributed by atoms with Crippen molar-refractivity contribution in [2.24, 2.45) is 0 Å². The number of aliphatic hydroxyl groups is 1. The summed E-state index contributed by atoms with van der Waals surface area (Å²) in [6.45, 7) is 0.0348. The molecule has 1 aromatic carbocycles. The smallest absolute Gasteiger partial charge is 0.279 e. The molecule has 3 rings (SSSR count). The van der Waals surface area contributed by atoms with Crippen molar-refractivity contribution in [1.82, 2.24) is 9.97 Å². The minimum Gasteiger partial charge on any atom is -0.431 e. The Kier molecular flexibility index (Phi) is 2.92. The molecular weight excluding hydrogens is 248 g/mol. The number of hydrogen-bond acceptors (Lipinski definition) is 5. The van der Waals surface area contributed by atoms with E-state index in [0.717, 1.165) is 15.8 Å². The molecule has 0 aliphatic heterocycles. The molecule has 3 aromatic rings. The highest BCUT2D eigenvalue weighted by Crippen LogP contribution is 2.30. The molecule has 18 heavy (non-hydrogen) atoms. The zero-order chi connectivity index (χ0) is 12.4. The van der Waals surface area contributed by atoms with Gasteiger partial charge in [-0.15, -0.1) is 0 Å². The molecule has 90 valence electrons. The summed E-state index contributed by atoms with van der Waals surface area (Å²) in [5.41, 5.74) is 1.69. The van der Waals surface area contributed by atoms with Crippen LogP contribution in [0.3, 0.4) is 0 Å². The molecule has 0 spiro atoms. The second kappa shape index (κ2) is 4.72. The highest BCUT2D eigenvalue weighted by molar-refractivity contribution is 7.20. The molecule has 5 heteroatoms. The van der Waals surface area contributed by atoms with E-state index in [9.17, 15) is 0 Å². The van der Waals surface area contributed by atoms with Crippen LogP contribution in [0.25, 0.3) is 10.2 Å². The van der Waals surface area contributed by atoms with Crippen LogP contribution in [0.5, 0.6) is 10.9 Å². The van der Waals surface area contributed by atoms with Crippen LogP contribution < -0.4 is 4.74 Å². The third-order valence-corrected chi connectivity index (χ3v) is 3.40. The SMILES string of the molecule is OCc1ccc(Oc2nc3cnccc3s2)cc1. The summed E-state index contributed by atoms with van der Waals surface area (Å²) >= 11 is 1.48. The molecule has 4 nitrogen and oxygen atoms in total. The Morgan fingerprint density at radius 3 is 2.72 bits per heavy atom. The third kappa shape index (κ3) is 2.18. The first-order valence-electron chi connectivity index (χ1n) is 5.43. The number of ether oxygens (including phenoxy) is 1. The number of fused-ring (bicyclic) bond motifs is 1. The molecule has 0 aliphatic rings. The van der Waals surface area contributed by atoms with E-state index >= 15 is 0 Å². The summed E-state index contributed by atoms with van der Waals surface area (Å²) in [5, 5.41) is 9.55. The second-order valence-corrected chi connectivity index (χ2v) is 4.72. The van der Waals surface area contributed by atoms with Gasteiger partial charge in [0.25, 0.3) is 5.19 Å². The number of hydrogen-bond donors (Lipinski definition) is 1. The standard InChI is InChI=1S/C13H10N2O2S/c16-8-9-1-3-10(4-2-9)17-13-15-11-7-14-6-5-12(11)18-13/h1-7,16H,8H2. The maximum atomic E-state index is 8.96. The van der Waals surface area contributed by atoms with E-state index in [0.29, 0.717) is 10.9 Å². The minimum absolute atomic E-state index is 0.0348. The molecule has 1 N–H and O–H groups in total. The Balaban J connectivity index is 1.86. The molecular formula is C13H10N2O2S. The lowest BCUT2D eigenvalue weighted by atomic mass is 10.2. The number of pyridine rings is 1. The van der Waals surface area contributed by atoms with E-state index in [1.165, 1.54) is 11.3 Å². The van der Waals surface area contributed by atoms with Crippen LogP contribution >= 0.6 is 11.3 Å². The van der Waals surface area contributed by atoms with Crippen LogP contribution in [0.2, 0.25) is 0 Å². The van der Waals surface area contributed by atoms with E-state index in [2.05, 4.69) is 9.97 Å². The Hall–Kier alpha value is -1.98. The average molecular weight is 258 g/mol. The van der Waals surface area contributed by atoms with Crippen molar-refractivity contribution in [3.63, 3.8) is 0 Å². The van der Waals surface area contributed by atoms with Gasteiger partial charge in [-0.2, -0.15) is 0 Å². The van der Waals surface area contributed by atoms with Crippen molar-refractivity contribution in [1.29, 1.82) is 0 Å². The number of nitrogens with zero attached hydrogens (tertiary/aromatic N) is 2. The highest BCUT2D eigenvalue weighted by atomic mass is 32.1. The normalized spacial score (nSPS) is 10.7. The second-order valence-electron chi connectivity index (χ2n) is 3.73. The summed E-state index contributed by atoms with van der Waals surface area (Å²) in [4.78, 5) is 8.35. The van der Waals surface area contributed by atoms with E-state index in [1.54, 1.807) is 12.4 Å². The fourth-order valence-electron chi connectivity index (χ4n) is 1.57. The number of thiazole rings is 1. The zero-order valence-electron chi connectivity index (χ0n) is 9.41. The molecule has 0 saturated carbocycles. The first-order chi connectivity index (χ1) is 8.85. The van der Waals surface area contributed by atoms with E-state index in [-0.39, 0.29) is 6.61 Å². The molecule has 0 atom stereocenters. The van der Waals surface area contributed by atoms with Gasteiger partial charge in [-0.05, 0) is 23.8 Å². The maximum Gasteiger partial charge on any atom is 0.279 e. The van der Waals surface area contributed by atoms with E-state index < -0.39 is 0 Å². The van der Waals surface area contributed by atoms with Crippen molar-refractivity contribution in [2.45, 2.75) is 6.61 Å². The monoisotopic (exact) mass is 258 g/mol. The van der Waals surface area contributed by atoms with Crippen molar-refractivity contribution < 1.29 is 9.84 Å². The molecule has 0 unspecified atom stereocenters. The third-order valence-electron chi connectivity index (χ3n) is 2.48. The molecule has 0 saturated heterocycles. The van der Waals surface area contributed by atoms with Gasteiger partial charge in [0.1, 0.15) is 11.3 Å². The van der Waals surface area contributed by atoms with Gasteiger partial charge >= 0.3 is 0 Å². The molecule has 0 bridgehead atoms. The van der Waals surface area contributed by atoms with Gasteiger partial charge in [0.2, 0.25) is 0 Å². The lowest BCUT2D eigenvalue weighted by Gasteiger charge is -2.01. The van der Waals surface area contributed by atoms with Gasteiger partial charge in [0.15, 0.2) is 0 Å². The summed E-state index contributed by atoms with van der Waals surface area (Å²) in [5.74, 6) is 0.708. The van der Waals surface area contributed by atoms with Gasteiger partial charge in [-0.3, -0.25) is 4.98 Å². The quantitative estimate of drug-likeness (QED) is 0.784. The van der Waals surface area contributed by atoms with Gasteiger partial charge in [0.05, 0.1) is 17.5 Å². The van der Waals surface area contributed by atoms with Crippen LogP contribution in [-0.4, -0.2) is 15.1 Å². The lowest BCUT2D eigenvalue weighted by molar-refractivity contribution is 0.281. The maximum absolute atomic E-state index is 8.96. The predicted molar refractivity (Wildman–Crippen MR) is 69.9 cm³/mol. The van der Waals surface area contributed by atoms with Crippen LogP contribution in [-0.2, 0) is 6.61 Å². The zero-order valence-corrected chi connectivity index (χ0v) is 10.2. The molecule has 0 amide bonds. The first-order valence-corrected chi connectivity index (χ1v) is 6.25. The largest absolute Gasteiger partial charge is 0.431 e. The fourth-order valence-corrected chi connectivity index (χ4v) is 2.37. The lowest BCUT2D eigenvalue weighted by Crippen LogP contribution is -1.85. The molecule has 2 heterocycles. The summed E-state index contributed by atoms with van der Waals surface area (Å²) in [7, 11) is 0. The fraction of sp³-hybridized carbons (Fsp3) is 0.0769. The molecule has 0 radical (unpaired) electrons. The van der Waals surface area contributed by atoms with Crippen molar-refractivity contribution in [3.05, 3.63) is 48.3 Å². The number of aliphatic hydroxyl groups excluding tert-OH is 1. The Morgan fingerprint density at radius 2 is 2.00 bits per heavy atom. The Morgan fingerprint density at radius 1 is 1.17 bits per heavy atom. The summed E-state index contributed by atoms with van der Waals surface area (Å²) < 4.78 is 6.71. The molecule has 2 aromatic heterocycles. The van der Waals surface area contributed by atoms with Gasteiger partial charge < -0.3 is 9.84 Å². The van der Waals surface area contributed by atoms with E-state index in [4.69, 9.17) is 9.84 Å². The molecule has 0 fully saturated rings. The number of benzene rings is 1. The van der Waals surface area contributed by atoms with Crippen molar-refractivity contribution in [3.8, 4) is 10.9 Å². The summed E-state index contributed by atoms with van der Waals surface area (Å²) in [6, 6.07) is 9.19. The Bertz CT molecular complexity index is 631. The van der Waals surface area contributed by atoms with Gasteiger partial charge in [0, 0.05) is 6.20 Å². The predicted octanol–water partition coefficient (Wildman–Crippen LogP) is 2.98. The molecule has 0 aliphatic carbocycles. The van der Waals surface area contributed by atoms with Crippen molar-refractivity contribution in [2.75, 3.05) is 0 Å². The van der Waals surface area contributed by atoms with Crippen LogP contribution in [0.1, 0.15) is 5.56 Å². The van der Waals surface area contributed by atoms with E-state index in [1.807, 2.05) is 30.3 Å². The highest BCUT2D eigenvalue weighted by Gasteiger charge is 2.05. The Labute approximate surface area is 108 Å². The number of aromatic nitrogens is 2. The van der Waals surface area contributed by atoms with Crippen LogP contribution in [0, 0.1) is 0 Å². The van der Waals surface area contributed by atoms with Gasteiger partial charge in [-0.25, -0.2) is 4.98 Å². The first kappa shape index (κ1) is 11.1. The van der Waals surface area contributed by atoms with Crippen LogP contribution in [0.15, 0.2) is 42.7 Å². The van der Waals surface area contributed by atoms with Crippen molar-refractivity contribution >= 4 is 21.6 Å². The van der Waals surface area contributed by atoms with Crippen LogP contribution in [0.4, 0.5) is 0 Å². The minimum atomic E-state index is 0.0348. The van der Waals surface area contributed by atoms with Gasteiger partial charge in [-0.1, -0.05) is 23.5 Å². The average Bonchev–Trinajstić information content (AvgIpc) is 2.82.